The Morgan fingerprint density at radius 3 is 1.83 bits per heavy atom. The van der Waals surface area contributed by atoms with Crippen LogP contribution in [0.1, 0.15) is 89.2 Å². The van der Waals surface area contributed by atoms with Crippen molar-refractivity contribution >= 4 is 20.9 Å². The molecule has 5 heteroatoms. The quantitative estimate of drug-likeness (QED) is 0.269. The molecule has 0 fully saturated rings. The molecule has 0 atom stereocenters. The van der Waals surface area contributed by atoms with Crippen molar-refractivity contribution in [3.63, 3.8) is 0 Å². The fourth-order valence-electron chi connectivity index (χ4n) is 3.99. The molecule has 0 saturated heterocycles. The summed E-state index contributed by atoms with van der Waals surface area (Å²) in [6.45, 7) is 4.37. The van der Waals surface area contributed by atoms with Gasteiger partial charge in [-0.1, -0.05) is 95.5 Å². The number of aryl methyl sites for hydroxylation is 2. The molecule has 0 unspecified atom stereocenters. The number of rotatable bonds is 13. The van der Waals surface area contributed by atoms with Gasteiger partial charge in [0.05, 0.1) is 4.90 Å². The summed E-state index contributed by atoms with van der Waals surface area (Å²) in [5, 5.41) is 1.52. The van der Waals surface area contributed by atoms with Gasteiger partial charge in [0, 0.05) is 5.39 Å². The Hall–Kier alpha value is 0.246. The second-order valence-corrected chi connectivity index (χ2v) is 9.17. The Bertz CT molecular complexity index is 847. The van der Waals surface area contributed by atoms with Crippen LogP contribution in [0.4, 0.5) is 0 Å². The summed E-state index contributed by atoms with van der Waals surface area (Å²) in [5.74, 6) is 0. The van der Waals surface area contributed by atoms with E-state index in [1.54, 1.807) is 0 Å². The van der Waals surface area contributed by atoms with E-state index in [9.17, 15) is 13.0 Å². The Balaban J connectivity index is 0.00000420. The molecule has 0 N–H and O–H groups in total. The van der Waals surface area contributed by atoms with Crippen LogP contribution in [0, 0.1) is 0 Å². The number of hydrogen-bond donors (Lipinski definition) is 0. The van der Waals surface area contributed by atoms with E-state index in [1.165, 1.54) is 32.1 Å². The van der Waals surface area contributed by atoms with Crippen molar-refractivity contribution < 1.29 is 64.4 Å². The third-order valence-electron chi connectivity index (χ3n) is 5.52. The van der Waals surface area contributed by atoms with Crippen LogP contribution in [-0.2, 0) is 23.0 Å². The molecule has 0 amide bonds. The minimum Gasteiger partial charge on any atom is -0.744 e. The number of fused-ring (bicyclic) bond motifs is 1. The van der Waals surface area contributed by atoms with Crippen molar-refractivity contribution in [3.8, 4) is 0 Å². The van der Waals surface area contributed by atoms with E-state index >= 15 is 0 Å². The van der Waals surface area contributed by atoms with Gasteiger partial charge in [-0.25, -0.2) is 8.42 Å². The Labute approximate surface area is 220 Å². The normalized spacial score (nSPS) is 11.6. The Morgan fingerprint density at radius 1 is 0.724 bits per heavy atom. The molecule has 0 bridgehead atoms. The number of hydrogen-bond acceptors (Lipinski definition) is 3. The minimum absolute atomic E-state index is 0. The Morgan fingerprint density at radius 2 is 1.28 bits per heavy atom. The molecule has 0 radical (unpaired) electrons. The average Bonchev–Trinajstić information content (AvgIpc) is 2.66. The van der Waals surface area contributed by atoms with Gasteiger partial charge in [-0.2, -0.15) is 0 Å². The first-order valence-corrected chi connectivity index (χ1v) is 12.4. The van der Waals surface area contributed by atoms with Gasteiger partial charge in [0.1, 0.15) is 10.1 Å². The largest absolute Gasteiger partial charge is 1.00 e. The maximum absolute atomic E-state index is 12.2. The van der Waals surface area contributed by atoms with E-state index in [1.807, 2.05) is 30.3 Å². The number of benzene rings is 2. The summed E-state index contributed by atoms with van der Waals surface area (Å²) in [6, 6.07) is 9.69. The van der Waals surface area contributed by atoms with Crippen LogP contribution in [0.5, 0.6) is 0 Å². The molecule has 0 saturated carbocycles. The van der Waals surface area contributed by atoms with Gasteiger partial charge in [0.25, 0.3) is 0 Å². The van der Waals surface area contributed by atoms with Crippen molar-refractivity contribution in [1.82, 2.24) is 0 Å². The second kappa shape index (κ2) is 14.3. The van der Waals surface area contributed by atoms with Crippen molar-refractivity contribution in [1.29, 1.82) is 0 Å². The van der Waals surface area contributed by atoms with Crippen LogP contribution in [0.2, 0.25) is 0 Å². The zero-order chi connectivity index (χ0) is 20.4. The fraction of sp³-hybridized carbons (Fsp3) is 0.583. The topological polar surface area (TPSA) is 57.2 Å². The molecular weight excluding hydrogens is 407 g/mol. The first kappa shape index (κ1) is 27.3. The molecule has 2 aromatic rings. The molecule has 2 rings (SSSR count). The molecular formula is C24H35KO3S. The number of unbranched alkanes of at least 4 members (excludes halogenated alkanes) is 8. The zero-order valence-corrected chi connectivity index (χ0v) is 22.4. The van der Waals surface area contributed by atoms with Crippen LogP contribution < -0.4 is 51.4 Å². The van der Waals surface area contributed by atoms with Gasteiger partial charge >= 0.3 is 51.4 Å². The molecule has 3 nitrogen and oxygen atoms in total. The van der Waals surface area contributed by atoms with Crippen molar-refractivity contribution in [2.75, 3.05) is 0 Å². The Kier molecular flexibility index (Phi) is 13.5. The molecule has 0 aromatic heterocycles. The van der Waals surface area contributed by atoms with Crippen LogP contribution in [0.15, 0.2) is 35.2 Å². The average molecular weight is 443 g/mol. The summed E-state index contributed by atoms with van der Waals surface area (Å²) < 4.78 is 36.6. The van der Waals surface area contributed by atoms with Crippen molar-refractivity contribution in [2.45, 2.75) is 95.8 Å². The molecule has 29 heavy (non-hydrogen) atoms. The molecule has 0 heterocycles. The van der Waals surface area contributed by atoms with E-state index < -0.39 is 10.1 Å². The smallest absolute Gasteiger partial charge is 0.744 e. The summed E-state index contributed by atoms with van der Waals surface area (Å²) in [6.07, 6.45) is 12.8. The molecule has 2 aromatic carbocycles. The predicted molar refractivity (Wildman–Crippen MR) is 117 cm³/mol. The minimum atomic E-state index is -4.52. The zero-order valence-electron chi connectivity index (χ0n) is 18.5. The summed E-state index contributed by atoms with van der Waals surface area (Å²) >= 11 is 0. The van der Waals surface area contributed by atoms with Gasteiger partial charge in [0.15, 0.2) is 0 Å². The molecule has 0 aliphatic heterocycles. The third kappa shape index (κ3) is 8.72. The first-order valence-electron chi connectivity index (χ1n) is 11.0. The third-order valence-corrected chi connectivity index (χ3v) is 6.48. The molecule has 156 valence electrons. The van der Waals surface area contributed by atoms with Gasteiger partial charge in [0.2, 0.25) is 0 Å². The summed E-state index contributed by atoms with van der Waals surface area (Å²) in [7, 11) is -4.52. The van der Waals surface area contributed by atoms with Crippen molar-refractivity contribution in [2.24, 2.45) is 0 Å². The standard InChI is InChI=1S/C24H36O3S.K/c1-3-5-7-9-11-14-20-16-13-17-21-18-19-22(15-12-10-8-6-4-2)24(23(20)21)28(25,26)27;/h13,16-19H,3-12,14-15H2,1-2H3,(H,25,26,27);/q;+1/p-1. The van der Waals surface area contributed by atoms with Crippen LogP contribution >= 0.6 is 0 Å². The summed E-state index contributed by atoms with van der Waals surface area (Å²) in [4.78, 5) is 0.0321. The maximum Gasteiger partial charge on any atom is 1.00 e. The van der Waals surface area contributed by atoms with Crippen molar-refractivity contribution in [3.05, 3.63) is 41.5 Å². The van der Waals surface area contributed by atoms with Gasteiger partial charge in [-0.15, -0.1) is 0 Å². The summed E-state index contributed by atoms with van der Waals surface area (Å²) in [5.41, 5.74) is 1.69. The van der Waals surface area contributed by atoms with Crippen LogP contribution in [0.3, 0.4) is 0 Å². The van der Waals surface area contributed by atoms with E-state index in [-0.39, 0.29) is 56.3 Å². The second-order valence-electron chi connectivity index (χ2n) is 7.85. The van der Waals surface area contributed by atoms with E-state index in [0.29, 0.717) is 17.4 Å². The molecule has 0 spiro atoms. The maximum atomic E-state index is 12.2. The molecule has 0 aliphatic rings. The fourth-order valence-corrected chi connectivity index (χ4v) is 4.98. The monoisotopic (exact) mass is 442 g/mol. The van der Waals surface area contributed by atoms with Gasteiger partial charge < -0.3 is 4.55 Å². The van der Waals surface area contributed by atoms with E-state index in [4.69, 9.17) is 0 Å². The molecule has 0 aliphatic carbocycles. The van der Waals surface area contributed by atoms with Crippen LogP contribution in [0.25, 0.3) is 10.8 Å². The first-order chi connectivity index (χ1) is 13.5. The predicted octanol–water partition coefficient (Wildman–Crippen LogP) is 3.77. The van der Waals surface area contributed by atoms with E-state index in [2.05, 4.69) is 13.8 Å². The van der Waals surface area contributed by atoms with Gasteiger partial charge in [-0.3, -0.25) is 0 Å². The van der Waals surface area contributed by atoms with E-state index in [0.717, 1.165) is 49.5 Å². The van der Waals surface area contributed by atoms with Crippen LogP contribution in [-0.4, -0.2) is 13.0 Å². The van der Waals surface area contributed by atoms with Gasteiger partial charge in [-0.05, 0) is 42.2 Å². The SMILES string of the molecule is CCCCCCCc1ccc2cccc(CCCCCCC)c2c1S(=O)(=O)[O-].[K+].